The average Bonchev–Trinajstić information content (AvgIpc) is 3.15. The van der Waals surface area contributed by atoms with Crippen LogP contribution in [0.2, 0.25) is 0 Å². The van der Waals surface area contributed by atoms with E-state index < -0.39 is 10.0 Å². The maximum Gasteiger partial charge on any atom is 0.243 e. The summed E-state index contributed by atoms with van der Waals surface area (Å²) in [4.78, 5) is 15.1. The van der Waals surface area contributed by atoms with Gasteiger partial charge in [-0.05, 0) is 37.1 Å². The molecule has 3 heterocycles. The Kier molecular flexibility index (Phi) is 6.43. The molecule has 8 nitrogen and oxygen atoms in total. The Morgan fingerprint density at radius 2 is 1.87 bits per heavy atom. The van der Waals surface area contributed by atoms with E-state index in [4.69, 9.17) is 4.74 Å². The van der Waals surface area contributed by atoms with Gasteiger partial charge in [-0.1, -0.05) is 0 Å². The molecule has 30 heavy (non-hydrogen) atoms. The number of amides is 1. The van der Waals surface area contributed by atoms with Crippen molar-refractivity contribution in [2.75, 3.05) is 52.5 Å². The molecule has 1 amide bonds. The number of fused-ring (bicyclic) bond motifs is 1. The number of aryl methyl sites for hydroxylation is 1. The van der Waals surface area contributed by atoms with Crippen LogP contribution in [0.25, 0.3) is 10.9 Å². The highest BCUT2D eigenvalue weighted by Gasteiger charge is 2.32. The lowest BCUT2D eigenvalue weighted by Crippen LogP contribution is -2.45. The van der Waals surface area contributed by atoms with E-state index in [-0.39, 0.29) is 11.8 Å². The maximum absolute atomic E-state index is 13.1. The molecule has 1 N–H and O–H groups in total. The van der Waals surface area contributed by atoms with Gasteiger partial charge in [0.15, 0.2) is 0 Å². The highest BCUT2D eigenvalue weighted by molar-refractivity contribution is 7.89. The van der Waals surface area contributed by atoms with Crippen molar-refractivity contribution in [2.45, 2.75) is 17.7 Å². The minimum atomic E-state index is -3.55. The first-order chi connectivity index (χ1) is 14.4. The molecule has 2 aromatic rings. The summed E-state index contributed by atoms with van der Waals surface area (Å²) in [5, 5.41) is 3.93. The zero-order valence-electron chi connectivity index (χ0n) is 17.4. The van der Waals surface area contributed by atoms with Gasteiger partial charge in [-0.2, -0.15) is 4.31 Å². The van der Waals surface area contributed by atoms with E-state index in [9.17, 15) is 13.2 Å². The van der Waals surface area contributed by atoms with Crippen LogP contribution in [0.3, 0.4) is 0 Å². The predicted molar refractivity (Wildman–Crippen MR) is 115 cm³/mol. The van der Waals surface area contributed by atoms with Crippen molar-refractivity contribution in [3.8, 4) is 0 Å². The quantitative estimate of drug-likeness (QED) is 0.734. The number of rotatable bonds is 6. The van der Waals surface area contributed by atoms with E-state index in [0.717, 1.165) is 43.8 Å². The third kappa shape index (κ3) is 4.54. The SMILES string of the molecule is Cn1ccc2cc(S(=O)(=O)N3CCC(C(=O)NCCN4CCOCC4)CC3)ccc21. The van der Waals surface area contributed by atoms with Gasteiger partial charge in [0.2, 0.25) is 15.9 Å². The van der Waals surface area contributed by atoms with Crippen LogP contribution in [0.5, 0.6) is 0 Å². The summed E-state index contributed by atoms with van der Waals surface area (Å²) in [6, 6.07) is 7.16. The predicted octanol–water partition coefficient (Wildman–Crippen LogP) is 1.03. The molecule has 2 aliphatic rings. The van der Waals surface area contributed by atoms with Crippen LogP contribution in [-0.4, -0.2) is 80.6 Å². The van der Waals surface area contributed by atoms with Crippen LogP contribution < -0.4 is 5.32 Å². The van der Waals surface area contributed by atoms with Crippen LogP contribution >= 0.6 is 0 Å². The normalized spacial score (nSPS) is 19.9. The van der Waals surface area contributed by atoms with Crippen molar-refractivity contribution in [1.82, 2.24) is 19.1 Å². The molecular weight excluding hydrogens is 404 g/mol. The fourth-order valence-corrected chi connectivity index (χ4v) is 5.74. The third-order valence-corrected chi connectivity index (χ3v) is 8.04. The number of carbonyl (C=O) groups excluding carboxylic acids is 1. The first kappa shape index (κ1) is 21.3. The van der Waals surface area contributed by atoms with E-state index in [0.29, 0.717) is 37.4 Å². The lowest BCUT2D eigenvalue weighted by Gasteiger charge is -2.31. The van der Waals surface area contributed by atoms with Crippen LogP contribution in [0.15, 0.2) is 35.4 Å². The highest BCUT2D eigenvalue weighted by atomic mass is 32.2. The number of piperidine rings is 1. The Morgan fingerprint density at radius 3 is 2.60 bits per heavy atom. The maximum atomic E-state index is 13.1. The fraction of sp³-hybridized carbons (Fsp3) is 0.571. The standard InChI is InChI=1S/C21H30N4O4S/c1-23-8-4-18-16-19(2-3-20(18)23)30(27,28)25-9-5-17(6-10-25)21(26)22-7-11-24-12-14-29-15-13-24/h2-4,8,16-17H,5-7,9-15H2,1H3,(H,22,26). The number of benzene rings is 1. The summed E-state index contributed by atoms with van der Waals surface area (Å²) in [7, 11) is -1.61. The molecule has 9 heteroatoms. The number of hydrogen-bond donors (Lipinski definition) is 1. The zero-order valence-corrected chi connectivity index (χ0v) is 18.2. The van der Waals surface area contributed by atoms with E-state index in [1.807, 2.05) is 29.9 Å². The monoisotopic (exact) mass is 434 g/mol. The van der Waals surface area contributed by atoms with Crippen LogP contribution in [0.1, 0.15) is 12.8 Å². The molecule has 0 radical (unpaired) electrons. The van der Waals surface area contributed by atoms with Gasteiger partial charge >= 0.3 is 0 Å². The van der Waals surface area contributed by atoms with Crippen molar-refractivity contribution < 1.29 is 17.9 Å². The Bertz CT molecular complexity index is 990. The summed E-state index contributed by atoms with van der Waals surface area (Å²) in [6.07, 6.45) is 3.02. The number of sulfonamides is 1. The molecule has 1 aromatic heterocycles. The lowest BCUT2D eigenvalue weighted by molar-refractivity contribution is -0.126. The first-order valence-corrected chi connectivity index (χ1v) is 12.0. The summed E-state index contributed by atoms with van der Waals surface area (Å²) >= 11 is 0. The molecule has 2 fully saturated rings. The van der Waals surface area contributed by atoms with Gasteiger partial charge in [0, 0.05) is 69.3 Å². The second-order valence-corrected chi connectivity index (χ2v) is 10.0. The van der Waals surface area contributed by atoms with Gasteiger partial charge in [-0.15, -0.1) is 0 Å². The number of nitrogens with one attached hydrogen (secondary N) is 1. The number of morpholine rings is 1. The number of nitrogens with zero attached hydrogens (tertiary/aromatic N) is 3. The van der Waals surface area contributed by atoms with Gasteiger partial charge in [-0.25, -0.2) is 8.42 Å². The largest absolute Gasteiger partial charge is 0.379 e. The minimum Gasteiger partial charge on any atom is -0.379 e. The summed E-state index contributed by atoms with van der Waals surface area (Å²) < 4.78 is 34.9. The summed E-state index contributed by atoms with van der Waals surface area (Å²) in [5.74, 6) is -0.0937. The fourth-order valence-electron chi connectivity index (χ4n) is 4.23. The molecule has 0 atom stereocenters. The number of ether oxygens (including phenoxy) is 1. The summed E-state index contributed by atoms with van der Waals surface area (Å²) in [6.45, 7) is 5.49. The number of carbonyl (C=O) groups is 1. The Labute approximate surface area is 177 Å². The van der Waals surface area contributed by atoms with Gasteiger partial charge in [0.1, 0.15) is 0 Å². The zero-order chi connectivity index (χ0) is 21.1. The second-order valence-electron chi connectivity index (χ2n) is 8.07. The molecule has 2 saturated heterocycles. The molecule has 2 aliphatic heterocycles. The smallest absolute Gasteiger partial charge is 0.243 e. The Balaban J connectivity index is 1.29. The van der Waals surface area contributed by atoms with Gasteiger partial charge in [0.25, 0.3) is 0 Å². The van der Waals surface area contributed by atoms with Crippen molar-refractivity contribution >= 4 is 26.8 Å². The van der Waals surface area contributed by atoms with E-state index in [1.165, 1.54) is 4.31 Å². The van der Waals surface area contributed by atoms with Crippen molar-refractivity contribution in [1.29, 1.82) is 0 Å². The van der Waals surface area contributed by atoms with Gasteiger partial charge in [-0.3, -0.25) is 9.69 Å². The van der Waals surface area contributed by atoms with Crippen molar-refractivity contribution in [3.05, 3.63) is 30.5 Å². The van der Waals surface area contributed by atoms with Crippen molar-refractivity contribution in [2.24, 2.45) is 13.0 Å². The Morgan fingerprint density at radius 1 is 1.13 bits per heavy atom. The average molecular weight is 435 g/mol. The van der Waals surface area contributed by atoms with E-state index in [1.54, 1.807) is 12.1 Å². The highest BCUT2D eigenvalue weighted by Crippen LogP contribution is 2.26. The number of hydrogen-bond acceptors (Lipinski definition) is 5. The number of aromatic nitrogens is 1. The minimum absolute atomic E-state index is 0.0333. The molecule has 0 bridgehead atoms. The molecule has 0 saturated carbocycles. The molecule has 0 aliphatic carbocycles. The first-order valence-electron chi connectivity index (χ1n) is 10.6. The molecule has 0 unspecified atom stereocenters. The Hall–Kier alpha value is -1.94. The molecule has 0 spiro atoms. The van der Waals surface area contributed by atoms with Crippen molar-refractivity contribution in [3.63, 3.8) is 0 Å². The van der Waals surface area contributed by atoms with E-state index >= 15 is 0 Å². The third-order valence-electron chi connectivity index (χ3n) is 6.15. The molecule has 4 rings (SSSR count). The molecular formula is C21H30N4O4S. The lowest BCUT2D eigenvalue weighted by atomic mass is 9.97. The summed E-state index contributed by atoms with van der Waals surface area (Å²) in [5.41, 5.74) is 1.00. The van der Waals surface area contributed by atoms with Gasteiger partial charge in [0.05, 0.1) is 18.1 Å². The van der Waals surface area contributed by atoms with Crippen LogP contribution in [-0.2, 0) is 26.6 Å². The molecule has 1 aromatic carbocycles. The topological polar surface area (TPSA) is 83.9 Å². The molecule has 164 valence electrons. The van der Waals surface area contributed by atoms with Gasteiger partial charge < -0.3 is 14.6 Å². The van der Waals surface area contributed by atoms with Crippen LogP contribution in [0.4, 0.5) is 0 Å². The van der Waals surface area contributed by atoms with E-state index in [2.05, 4.69) is 10.2 Å². The van der Waals surface area contributed by atoms with Crippen LogP contribution in [0, 0.1) is 5.92 Å². The second kappa shape index (κ2) is 9.05.